The number of β-amino-alcohol motifs (C(OH)–C–C–N with tert-alkyl or cyclic N) is 1. The van der Waals surface area contributed by atoms with Gasteiger partial charge in [-0.25, -0.2) is 0 Å². The maximum Gasteiger partial charge on any atom is 0.109 e. The molecule has 2 aliphatic carbocycles. The van der Waals surface area contributed by atoms with Crippen LogP contribution in [0, 0.1) is 17.3 Å². The molecule has 0 aromatic rings. The van der Waals surface area contributed by atoms with Crippen molar-refractivity contribution in [3.63, 3.8) is 0 Å². The summed E-state index contributed by atoms with van der Waals surface area (Å²) in [6.45, 7) is 4.56. The molecule has 7 atom stereocenters. The Morgan fingerprint density at radius 1 is 1.15 bits per heavy atom. The zero-order valence-electron chi connectivity index (χ0n) is 16.1. The van der Waals surface area contributed by atoms with Crippen molar-refractivity contribution in [3.05, 3.63) is 0 Å². The van der Waals surface area contributed by atoms with Crippen LogP contribution in [0.4, 0.5) is 0 Å². The van der Waals surface area contributed by atoms with E-state index >= 15 is 0 Å². The van der Waals surface area contributed by atoms with Gasteiger partial charge >= 0.3 is 0 Å². The van der Waals surface area contributed by atoms with E-state index in [1.165, 1.54) is 38.5 Å². The number of fused-ring (bicyclic) bond motifs is 2. The van der Waals surface area contributed by atoms with Gasteiger partial charge in [-0.2, -0.15) is 0 Å². The number of hydrogen-bond donors (Lipinski definition) is 4. The summed E-state index contributed by atoms with van der Waals surface area (Å²) in [5.74, 6) is 1.70. The van der Waals surface area contributed by atoms with Gasteiger partial charge in [-0.1, -0.05) is 19.8 Å². The molecule has 3 unspecified atom stereocenters. The Morgan fingerprint density at radius 3 is 2.73 bits per heavy atom. The zero-order chi connectivity index (χ0) is 18.7. The molecule has 1 heterocycles. The summed E-state index contributed by atoms with van der Waals surface area (Å²) in [7, 11) is 0. The number of rotatable bonds is 7. The number of likely N-dealkylation sites (tertiary alicyclic amines) is 1. The van der Waals surface area contributed by atoms with Crippen molar-refractivity contribution in [2.75, 3.05) is 32.9 Å². The number of piperidine rings is 1. The van der Waals surface area contributed by atoms with E-state index in [0.29, 0.717) is 18.6 Å². The number of ether oxygens (including phenoxy) is 1. The van der Waals surface area contributed by atoms with Crippen LogP contribution in [0.1, 0.15) is 51.9 Å². The van der Waals surface area contributed by atoms with Crippen molar-refractivity contribution >= 4 is 0 Å². The molecule has 0 spiro atoms. The molecular weight excluding hydrogens is 334 g/mol. The van der Waals surface area contributed by atoms with Crippen LogP contribution in [0.15, 0.2) is 0 Å². The molecule has 26 heavy (non-hydrogen) atoms. The molecule has 1 saturated heterocycles. The highest BCUT2D eigenvalue weighted by molar-refractivity contribution is 4.94. The van der Waals surface area contributed by atoms with Crippen LogP contribution in [-0.4, -0.2) is 82.6 Å². The number of aliphatic hydroxyl groups is 4. The average Bonchev–Trinajstić information content (AvgIpc) is 2.59. The highest BCUT2D eigenvalue weighted by atomic mass is 16.5. The molecule has 6 heteroatoms. The van der Waals surface area contributed by atoms with E-state index in [-0.39, 0.29) is 13.2 Å². The van der Waals surface area contributed by atoms with E-state index in [1.807, 2.05) is 4.90 Å². The van der Waals surface area contributed by atoms with E-state index in [1.54, 1.807) is 0 Å². The minimum absolute atomic E-state index is 0.228. The summed E-state index contributed by atoms with van der Waals surface area (Å²) < 4.78 is 6.07. The Labute approximate surface area is 157 Å². The summed E-state index contributed by atoms with van der Waals surface area (Å²) in [6, 6.07) is -0.523. The fourth-order valence-electron chi connectivity index (χ4n) is 5.84. The standard InChI is InChI=1S/C20H37NO5/c1-14-8-15-4-2-5-20(9-14,10-15)13-26-7-3-6-21-11-17(23)19(25)18(24)16(21)12-22/h14-19,22-25H,2-13H2,1H3/t14?,15?,16-,17+,18-,19-,20?/m1/s1. The zero-order valence-corrected chi connectivity index (χ0v) is 16.1. The van der Waals surface area contributed by atoms with Gasteiger partial charge in [-0.05, 0) is 49.4 Å². The highest BCUT2D eigenvalue weighted by Gasteiger charge is 2.42. The Hall–Kier alpha value is -0.240. The largest absolute Gasteiger partial charge is 0.395 e. The minimum Gasteiger partial charge on any atom is -0.395 e. The average molecular weight is 372 g/mol. The lowest BCUT2D eigenvalue weighted by Crippen LogP contribution is -2.62. The molecule has 2 saturated carbocycles. The Bertz CT molecular complexity index is 446. The van der Waals surface area contributed by atoms with Crippen LogP contribution >= 0.6 is 0 Å². The Kier molecular flexibility index (Phi) is 6.97. The second-order valence-electron chi connectivity index (χ2n) is 9.21. The lowest BCUT2D eigenvalue weighted by Gasteiger charge is -2.47. The first-order valence-electron chi connectivity index (χ1n) is 10.4. The molecule has 4 N–H and O–H groups in total. The van der Waals surface area contributed by atoms with Crippen molar-refractivity contribution in [2.45, 2.75) is 76.2 Å². The van der Waals surface area contributed by atoms with Crippen molar-refractivity contribution in [3.8, 4) is 0 Å². The van der Waals surface area contributed by atoms with Crippen LogP contribution in [-0.2, 0) is 4.74 Å². The molecule has 0 radical (unpaired) electrons. The van der Waals surface area contributed by atoms with E-state index < -0.39 is 24.4 Å². The SMILES string of the molecule is CC1CC2CCCC(COCCCN3C[C@H](O)[C@@H](O)[C@H](O)[C@H]3CO)(C1)C2. The maximum atomic E-state index is 10.0. The van der Waals surface area contributed by atoms with Gasteiger partial charge in [0.25, 0.3) is 0 Å². The van der Waals surface area contributed by atoms with Crippen molar-refractivity contribution in [1.82, 2.24) is 4.90 Å². The molecule has 6 nitrogen and oxygen atoms in total. The second-order valence-corrected chi connectivity index (χ2v) is 9.21. The van der Waals surface area contributed by atoms with Crippen molar-refractivity contribution in [2.24, 2.45) is 17.3 Å². The van der Waals surface area contributed by atoms with E-state index in [9.17, 15) is 20.4 Å². The molecule has 0 amide bonds. The fraction of sp³-hybridized carbons (Fsp3) is 1.00. The smallest absolute Gasteiger partial charge is 0.109 e. The quantitative estimate of drug-likeness (QED) is 0.494. The van der Waals surface area contributed by atoms with Crippen LogP contribution in [0.25, 0.3) is 0 Å². The third kappa shape index (κ3) is 4.59. The van der Waals surface area contributed by atoms with Gasteiger partial charge in [0, 0.05) is 19.7 Å². The van der Waals surface area contributed by atoms with E-state index in [0.717, 1.165) is 24.9 Å². The van der Waals surface area contributed by atoms with Crippen molar-refractivity contribution < 1.29 is 25.2 Å². The molecule has 0 aromatic carbocycles. The van der Waals surface area contributed by atoms with Crippen LogP contribution in [0.3, 0.4) is 0 Å². The van der Waals surface area contributed by atoms with E-state index in [4.69, 9.17) is 4.74 Å². The van der Waals surface area contributed by atoms with Crippen molar-refractivity contribution in [1.29, 1.82) is 0 Å². The molecule has 2 bridgehead atoms. The lowest BCUT2D eigenvalue weighted by atomic mass is 9.59. The summed E-state index contributed by atoms with van der Waals surface area (Å²) >= 11 is 0. The third-order valence-corrected chi connectivity index (χ3v) is 6.92. The number of hydrogen-bond acceptors (Lipinski definition) is 6. The lowest BCUT2D eigenvalue weighted by molar-refractivity contribution is -0.145. The summed E-state index contributed by atoms with van der Waals surface area (Å²) in [4.78, 5) is 1.86. The monoisotopic (exact) mass is 371 g/mol. The molecule has 152 valence electrons. The first kappa shape index (κ1) is 20.5. The van der Waals surface area contributed by atoms with Gasteiger partial charge in [0.1, 0.15) is 12.2 Å². The maximum absolute atomic E-state index is 10.0. The topological polar surface area (TPSA) is 93.4 Å². The summed E-state index contributed by atoms with van der Waals surface area (Å²) in [5, 5.41) is 39.2. The predicted octanol–water partition coefficient (Wildman–Crippen LogP) is 0.759. The summed E-state index contributed by atoms with van der Waals surface area (Å²) in [5.41, 5.74) is 0.385. The molecular formula is C20H37NO5. The summed E-state index contributed by atoms with van der Waals surface area (Å²) in [6.07, 6.45) is 5.53. The third-order valence-electron chi connectivity index (χ3n) is 6.92. The number of aliphatic hydroxyl groups excluding tert-OH is 4. The predicted molar refractivity (Wildman–Crippen MR) is 98.7 cm³/mol. The fourth-order valence-corrected chi connectivity index (χ4v) is 5.84. The molecule has 1 aliphatic heterocycles. The highest BCUT2D eigenvalue weighted by Crippen LogP contribution is 2.51. The van der Waals surface area contributed by atoms with Crippen LogP contribution in [0.2, 0.25) is 0 Å². The van der Waals surface area contributed by atoms with Gasteiger partial charge in [0.05, 0.1) is 25.4 Å². The second kappa shape index (κ2) is 8.84. The molecule has 3 fully saturated rings. The van der Waals surface area contributed by atoms with Gasteiger partial charge in [0.2, 0.25) is 0 Å². The van der Waals surface area contributed by atoms with Crippen LogP contribution in [0.5, 0.6) is 0 Å². The molecule has 3 aliphatic rings. The normalized spacial score (nSPS) is 44.2. The minimum atomic E-state index is -1.19. The van der Waals surface area contributed by atoms with Gasteiger partial charge in [-0.15, -0.1) is 0 Å². The van der Waals surface area contributed by atoms with Gasteiger partial charge in [-0.3, -0.25) is 4.90 Å². The molecule has 3 rings (SSSR count). The number of nitrogens with zero attached hydrogens (tertiary/aromatic N) is 1. The first-order chi connectivity index (χ1) is 12.4. The van der Waals surface area contributed by atoms with Gasteiger partial charge < -0.3 is 25.2 Å². The Morgan fingerprint density at radius 2 is 1.96 bits per heavy atom. The van der Waals surface area contributed by atoms with Crippen LogP contribution < -0.4 is 0 Å². The molecule has 0 aromatic heterocycles. The first-order valence-corrected chi connectivity index (χ1v) is 10.4. The van der Waals surface area contributed by atoms with E-state index in [2.05, 4.69) is 6.92 Å². The Balaban J connectivity index is 1.41. The van der Waals surface area contributed by atoms with Gasteiger partial charge in [0.15, 0.2) is 0 Å².